The smallest absolute Gasteiger partial charge is 0.416 e. The van der Waals surface area contributed by atoms with E-state index >= 15 is 0 Å². The van der Waals surface area contributed by atoms with Crippen molar-refractivity contribution >= 4 is 18.1 Å². The second kappa shape index (κ2) is 9.26. The number of amides is 3. The van der Waals surface area contributed by atoms with Gasteiger partial charge in [-0.05, 0) is 32.8 Å². The standard InChI is InChI=1S/C21H30N2O6/c1-14(17(24)12-22(5)19(26)29-21(2,3)4)18(25)23-16(13-28-20(23)27)11-15-9-7-6-8-10-15/h6-10,14,16-17,24H,11-13H2,1-5H3/t14-,16-,17+/m1/s1. The van der Waals surface area contributed by atoms with Crippen LogP contribution in [0.3, 0.4) is 0 Å². The predicted octanol–water partition coefficient (Wildman–Crippen LogP) is 2.44. The van der Waals surface area contributed by atoms with Crippen LogP contribution in [0.15, 0.2) is 30.3 Å². The number of likely N-dealkylation sites (N-methyl/N-ethyl adjacent to an activating group) is 1. The maximum Gasteiger partial charge on any atom is 0.416 e. The van der Waals surface area contributed by atoms with Crippen molar-refractivity contribution in [2.24, 2.45) is 5.92 Å². The maximum atomic E-state index is 12.9. The molecule has 0 bridgehead atoms. The molecule has 1 aliphatic heterocycles. The van der Waals surface area contributed by atoms with Crippen molar-refractivity contribution in [3.05, 3.63) is 35.9 Å². The lowest BCUT2D eigenvalue weighted by Gasteiger charge is -2.29. The summed E-state index contributed by atoms with van der Waals surface area (Å²) >= 11 is 0. The Morgan fingerprint density at radius 3 is 2.52 bits per heavy atom. The molecular weight excluding hydrogens is 376 g/mol. The van der Waals surface area contributed by atoms with Gasteiger partial charge in [0.1, 0.15) is 12.2 Å². The highest BCUT2D eigenvalue weighted by Crippen LogP contribution is 2.21. The van der Waals surface area contributed by atoms with Gasteiger partial charge in [-0.15, -0.1) is 0 Å². The molecule has 1 N–H and O–H groups in total. The normalized spacial score (nSPS) is 18.8. The molecule has 29 heavy (non-hydrogen) atoms. The lowest BCUT2D eigenvalue weighted by molar-refractivity contribution is -0.136. The van der Waals surface area contributed by atoms with Gasteiger partial charge in [-0.3, -0.25) is 4.79 Å². The molecule has 1 saturated heterocycles. The summed E-state index contributed by atoms with van der Waals surface area (Å²) in [5.74, 6) is -1.43. The molecular formula is C21H30N2O6. The summed E-state index contributed by atoms with van der Waals surface area (Å²) in [6, 6.07) is 9.06. The van der Waals surface area contributed by atoms with E-state index in [1.165, 1.54) is 18.9 Å². The minimum atomic E-state index is -1.16. The van der Waals surface area contributed by atoms with Crippen molar-refractivity contribution in [1.29, 1.82) is 0 Å². The number of imide groups is 1. The van der Waals surface area contributed by atoms with Crippen LogP contribution in [0.5, 0.6) is 0 Å². The van der Waals surface area contributed by atoms with E-state index < -0.39 is 41.8 Å². The van der Waals surface area contributed by atoms with Crippen molar-refractivity contribution < 1.29 is 29.0 Å². The lowest BCUT2D eigenvalue weighted by atomic mass is 10.00. The van der Waals surface area contributed by atoms with Crippen LogP contribution in [-0.2, 0) is 20.7 Å². The number of hydrogen-bond acceptors (Lipinski definition) is 6. The highest BCUT2D eigenvalue weighted by Gasteiger charge is 2.41. The molecule has 0 unspecified atom stereocenters. The molecule has 1 aromatic rings. The van der Waals surface area contributed by atoms with Gasteiger partial charge in [0.05, 0.1) is 24.6 Å². The van der Waals surface area contributed by atoms with E-state index in [0.29, 0.717) is 6.42 Å². The van der Waals surface area contributed by atoms with Crippen molar-refractivity contribution in [2.45, 2.75) is 51.9 Å². The molecule has 8 nitrogen and oxygen atoms in total. The van der Waals surface area contributed by atoms with Crippen molar-refractivity contribution in [3.63, 3.8) is 0 Å². The van der Waals surface area contributed by atoms with Gasteiger partial charge in [-0.2, -0.15) is 0 Å². The molecule has 2 rings (SSSR count). The zero-order valence-corrected chi connectivity index (χ0v) is 17.6. The number of nitrogens with zero attached hydrogens (tertiary/aromatic N) is 2. The third kappa shape index (κ3) is 6.19. The monoisotopic (exact) mass is 406 g/mol. The van der Waals surface area contributed by atoms with Gasteiger partial charge in [-0.25, -0.2) is 14.5 Å². The third-order valence-corrected chi connectivity index (χ3v) is 4.65. The topological polar surface area (TPSA) is 96.4 Å². The summed E-state index contributed by atoms with van der Waals surface area (Å²) in [5, 5.41) is 10.5. The van der Waals surface area contributed by atoms with Crippen LogP contribution in [0.1, 0.15) is 33.3 Å². The number of carbonyl (C=O) groups excluding carboxylic acids is 3. The first-order valence-electron chi connectivity index (χ1n) is 9.65. The average molecular weight is 406 g/mol. The molecule has 0 saturated carbocycles. The summed E-state index contributed by atoms with van der Waals surface area (Å²) in [4.78, 5) is 39.4. The van der Waals surface area contributed by atoms with E-state index in [2.05, 4.69) is 0 Å². The molecule has 160 valence electrons. The van der Waals surface area contributed by atoms with Crippen LogP contribution in [0.2, 0.25) is 0 Å². The van der Waals surface area contributed by atoms with Crippen LogP contribution < -0.4 is 0 Å². The van der Waals surface area contributed by atoms with Crippen LogP contribution in [0, 0.1) is 5.92 Å². The number of hydrogen-bond donors (Lipinski definition) is 1. The molecule has 0 aromatic heterocycles. The number of benzene rings is 1. The Morgan fingerprint density at radius 2 is 1.93 bits per heavy atom. The molecule has 3 amide bonds. The highest BCUT2D eigenvalue weighted by atomic mass is 16.6. The fraction of sp³-hybridized carbons (Fsp3) is 0.571. The fourth-order valence-corrected chi connectivity index (χ4v) is 3.00. The minimum absolute atomic E-state index is 0.103. The fourth-order valence-electron chi connectivity index (χ4n) is 3.00. The molecule has 0 aliphatic carbocycles. The first-order valence-corrected chi connectivity index (χ1v) is 9.65. The number of aliphatic hydroxyl groups is 1. The predicted molar refractivity (Wildman–Crippen MR) is 106 cm³/mol. The van der Waals surface area contributed by atoms with E-state index in [9.17, 15) is 19.5 Å². The van der Waals surface area contributed by atoms with E-state index in [-0.39, 0.29) is 13.2 Å². The molecule has 0 spiro atoms. The Bertz CT molecular complexity index is 730. The van der Waals surface area contributed by atoms with Gasteiger partial charge >= 0.3 is 12.2 Å². The van der Waals surface area contributed by atoms with Gasteiger partial charge in [-0.1, -0.05) is 37.3 Å². The van der Waals surface area contributed by atoms with Crippen LogP contribution in [-0.4, -0.2) is 70.9 Å². The minimum Gasteiger partial charge on any atom is -0.447 e. The summed E-state index contributed by atoms with van der Waals surface area (Å²) in [7, 11) is 1.48. The largest absolute Gasteiger partial charge is 0.447 e. The Hall–Kier alpha value is -2.61. The van der Waals surface area contributed by atoms with Gasteiger partial charge in [0.15, 0.2) is 0 Å². The molecule has 0 radical (unpaired) electrons. The second-order valence-electron chi connectivity index (χ2n) is 8.35. The van der Waals surface area contributed by atoms with Crippen molar-refractivity contribution in [3.8, 4) is 0 Å². The molecule has 8 heteroatoms. The van der Waals surface area contributed by atoms with E-state index in [0.717, 1.165) is 10.5 Å². The van der Waals surface area contributed by atoms with E-state index in [1.807, 2.05) is 30.3 Å². The molecule has 1 aliphatic rings. The number of ether oxygens (including phenoxy) is 2. The average Bonchev–Trinajstić information content (AvgIpc) is 3.00. The van der Waals surface area contributed by atoms with Crippen LogP contribution >= 0.6 is 0 Å². The first-order chi connectivity index (χ1) is 13.5. The summed E-state index contributed by atoms with van der Waals surface area (Å²) in [6.07, 6.45) is -2.00. The molecule has 1 heterocycles. The maximum absolute atomic E-state index is 12.9. The Kier molecular flexibility index (Phi) is 7.24. The zero-order chi connectivity index (χ0) is 21.8. The van der Waals surface area contributed by atoms with Gasteiger partial charge in [0.25, 0.3) is 0 Å². The first kappa shape index (κ1) is 22.7. The molecule has 1 fully saturated rings. The number of aliphatic hydroxyl groups excluding tert-OH is 1. The van der Waals surface area contributed by atoms with E-state index in [4.69, 9.17) is 9.47 Å². The Labute approximate surface area is 171 Å². The summed E-state index contributed by atoms with van der Waals surface area (Å²) in [5.41, 5.74) is 0.313. The quantitative estimate of drug-likeness (QED) is 0.779. The molecule has 3 atom stereocenters. The SMILES string of the molecule is C[C@@H](C(=O)N1C(=O)OC[C@H]1Cc1ccccc1)[C@@H](O)CN(C)C(=O)OC(C)(C)C. The summed E-state index contributed by atoms with van der Waals surface area (Å²) in [6.45, 7) is 6.77. The number of rotatable bonds is 6. The molecule has 1 aromatic carbocycles. The highest BCUT2D eigenvalue weighted by molar-refractivity contribution is 5.95. The number of cyclic esters (lactones) is 1. The van der Waals surface area contributed by atoms with Gasteiger partial charge in [0.2, 0.25) is 5.91 Å². The Balaban J connectivity index is 2.01. The Morgan fingerprint density at radius 1 is 1.31 bits per heavy atom. The van der Waals surface area contributed by atoms with Crippen molar-refractivity contribution in [1.82, 2.24) is 9.80 Å². The van der Waals surface area contributed by atoms with E-state index in [1.54, 1.807) is 20.8 Å². The second-order valence-corrected chi connectivity index (χ2v) is 8.35. The lowest BCUT2D eigenvalue weighted by Crippen LogP contribution is -2.48. The van der Waals surface area contributed by atoms with Crippen molar-refractivity contribution in [2.75, 3.05) is 20.2 Å². The van der Waals surface area contributed by atoms with Crippen LogP contribution in [0.4, 0.5) is 9.59 Å². The van der Waals surface area contributed by atoms with Gasteiger partial charge in [0, 0.05) is 7.05 Å². The van der Waals surface area contributed by atoms with Crippen LogP contribution in [0.25, 0.3) is 0 Å². The number of carbonyl (C=O) groups is 3. The third-order valence-electron chi connectivity index (χ3n) is 4.65. The zero-order valence-electron chi connectivity index (χ0n) is 17.6. The van der Waals surface area contributed by atoms with Gasteiger partial charge < -0.3 is 19.5 Å². The summed E-state index contributed by atoms with van der Waals surface area (Å²) < 4.78 is 10.3.